The summed E-state index contributed by atoms with van der Waals surface area (Å²) in [6.45, 7) is 6.37. The molecule has 1 aromatic heterocycles. The molecule has 0 unspecified atom stereocenters. The molecule has 0 amide bonds. The lowest BCUT2D eigenvalue weighted by Gasteiger charge is -2.23. The van der Waals surface area contributed by atoms with Crippen LogP contribution in [0, 0.1) is 5.41 Å². The Balaban J connectivity index is 2.26. The van der Waals surface area contributed by atoms with Crippen LogP contribution in [0.1, 0.15) is 32.4 Å². The number of fused-ring (bicyclic) bond motifs is 1. The van der Waals surface area contributed by atoms with Crippen LogP contribution in [0.3, 0.4) is 0 Å². The highest BCUT2D eigenvalue weighted by Gasteiger charge is 2.45. The van der Waals surface area contributed by atoms with Gasteiger partial charge in [0.1, 0.15) is 6.04 Å². The molecule has 0 aliphatic rings. The van der Waals surface area contributed by atoms with Crippen LogP contribution in [0.2, 0.25) is 5.02 Å². The molecule has 180 valence electrons. The first-order chi connectivity index (χ1) is 15.1. The zero-order chi connectivity index (χ0) is 24.8. The number of alkyl halides is 3. The fraction of sp³-hybridized carbons (Fsp3) is 0.391. The fourth-order valence-corrected chi connectivity index (χ4v) is 4.63. The Kier molecular flexibility index (Phi) is 6.92. The number of hydrogen-bond donors (Lipinski definition) is 1. The summed E-state index contributed by atoms with van der Waals surface area (Å²) in [5.41, 5.74) is 1.69. The summed E-state index contributed by atoms with van der Waals surface area (Å²) in [6, 6.07) is 9.89. The van der Waals surface area contributed by atoms with E-state index in [2.05, 4.69) is 0 Å². The highest BCUT2D eigenvalue weighted by Crippen LogP contribution is 2.40. The van der Waals surface area contributed by atoms with Crippen LogP contribution < -0.4 is 4.72 Å². The molecule has 0 bridgehead atoms. The smallest absolute Gasteiger partial charge is 0.347 e. The van der Waals surface area contributed by atoms with Crippen LogP contribution in [0.5, 0.6) is 0 Å². The normalized spacial score (nSPS) is 14.2. The molecule has 2 aromatic carbocycles. The van der Waals surface area contributed by atoms with Gasteiger partial charge in [0.05, 0.1) is 0 Å². The number of nitrogens with one attached hydrogen (secondary N) is 1. The van der Waals surface area contributed by atoms with Crippen molar-refractivity contribution < 1.29 is 21.6 Å². The molecule has 3 aromatic rings. The van der Waals surface area contributed by atoms with Crippen LogP contribution in [-0.4, -0.2) is 37.6 Å². The second-order valence-corrected chi connectivity index (χ2v) is 11.7. The van der Waals surface area contributed by atoms with Crippen molar-refractivity contribution in [3.8, 4) is 11.1 Å². The Bertz CT molecular complexity index is 1260. The molecule has 1 N–H and O–H groups in total. The Morgan fingerprint density at radius 1 is 1.09 bits per heavy atom. The van der Waals surface area contributed by atoms with Crippen LogP contribution in [0.25, 0.3) is 22.0 Å². The minimum Gasteiger partial charge on any atom is -0.347 e. The average Bonchev–Trinajstić information content (AvgIpc) is 3.01. The van der Waals surface area contributed by atoms with Gasteiger partial charge < -0.3 is 4.57 Å². The van der Waals surface area contributed by atoms with E-state index < -0.39 is 22.4 Å². The molecule has 3 rings (SSSR count). The number of halogens is 4. The maximum atomic E-state index is 14.1. The van der Waals surface area contributed by atoms with Gasteiger partial charge in [0.15, 0.2) is 0 Å². The van der Waals surface area contributed by atoms with Crippen molar-refractivity contribution in [3.05, 3.63) is 59.2 Å². The summed E-state index contributed by atoms with van der Waals surface area (Å²) in [4.78, 5) is 0. The molecule has 0 saturated heterocycles. The monoisotopic (exact) mass is 501 g/mol. The van der Waals surface area contributed by atoms with E-state index in [9.17, 15) is 21.6 Å². The third-order valence-corrected chi connectivity index (χ3v) is 6.95. The van der Waals surface area contributed by atoms with Gasteiger partial charge >= 0.3 is 6.18 Å². The zero-order valence-electron chi connectivity index (χ0n) is 19.0. The second-order valence-electron chi connectivity index (χ2n) is 9.36. The third kappa shape index (κ3) is 5.71. The number of benzene rings is 2. The average molecular weight is 502 g/mol. The Morgan fingerprint density at radius 2 is 1.73 bits per heavy atom. The van der Waals surface area contributed by atoms with Gasteiger partial charge in [-0.05, 0) is 23.1 Å². The molecule has 0 aliphatic carbocycles. The Hall–Kier alpha value is -2.07. The highest BCUT2D eigenvalue weighted by molar-refractivity contribution is 7.87. The molecule has 0 radical (unpaired) electrons. The van der Waals surface area contributed by atoms with Crippen LogP contribution in [0.15, 0.2) is 48.7 Å². The van der Waals surface area contributed by atoms with Gasteiger partial charge in [0, 0.05) is 53.9 Å². The number of hydrogen-bond acceptors (Lipinski definition) is 2. The summed E-state index contributed by atoms with van der Waals surface area (Å²) in [7, 11) is -1.99. The third-order valence-electron chi connectivity index (χ3n) is 5.13. The van der Waals surface area contributed by atoms with E-state index in [0.717, 1.165) is 15.4 Å². The van der Waals surface area contributed by atoms with Crippen LogP contribution >= 0.6 is 11.6 Å². The standard InChI is InChI=1S/C23H27ClF3N3O2S/c1-22(2,3)14-30-13-18(21(23(25,26)27)28-33(31,32)29(4)5)17-11-10-15(12-20(17)30)16-8-6-7-9-19(16)24/h6-13,21,28H,14H2,1-5H3/t21-/m0/s1. The lowest BCUT2D eigenvalue weighted by molar-refractivity contribution is -0.152. The van der Waals surface area contributed by atoms with E-state index in [1.807, 2.05) is 37.6 Å². The van der Waals surface area contributed by atoms with E-state index >= 15 is 0 Å². The van der Waals surface area contributed by atoms with Gasteiger partial charge in [0.2, 0.25) is 0 Å². The predicted octanol–water partition coefficient (Wildman–Crippen LogP) is 6.01. The van der Waals surface area contributed by atoms with Crippen molar-refractivity contribution in [1.29, 1.82) is 0 Å². The van der Waals surface area contributed by atoms with Crippen molar-refractivity contribution in [2.45, 2.75) is 39.5 Å². The predicted molar refractivity (Wildman–Crippen MR) is 126 cm³/mol. The van der Waals surface area contributed by atoms with Gasteiger partial charge in [-0.1, -0.05) is 62.7 Å². The molecule has 0 spiro atoms. The first kappa shape index (κ1) is 25.6. The SMILES string of the molecule is CN(C)S(=O)(=O)N[C@@H](c1cn(CC(C)(C)C)c2cc(-c3ccccc3Cl)ccc12)C(F)(F)F. The summed E-state index contributed by atoms with van der Waals surface area (Å²) >= 11 is 6.34. The van der Waals surface area contributed by atoms with Gasteiger partial charge in [0.25, 0.3) is 10.2 Å². The zero-order valence-corrected chi connectivity index (χ0v) is 20.6. The number of nitrogens with zero attached hydrogens (tertiary/aromatic N) is 2. The summed E-state index contributed by atoms with van der Waals surface area (Å²) in [5, 5.41) is 0.844. The van der Waals surface area contributed by atoms with Crippen molar-refractivity contribution in [2.24, 2.45) is 5.41 Å². The van der Waals surface area contributed by atoms with E-state index in [1.165, 1.54) is 20.3 Å². The van der Waals surface area contributed by atoms with Gasteiger partial charge in [-0.25, -0.2) is 0 Å². The topological polar surface area (TPSA) is 54.3 Å². The number of aromatic nitrogens is 1. The molecular formula is C23H27ClF3N3O2S. The molecule has 5 nitrogen and oxygen atoms in total. The maximum absolute atomic E-state index is 14.1. The van der Waals surface area contributed by atoms with Gasteiger partial charge in [-0.15, -0.1) is 0 Å². The van der Waals surface area contributed by atoms with Crippen molar-refractivity contribution in [3.63, 3.8) is 0 Å². The largest absolute Gasteiger partial charge is 0.409 e. The van der Waals surface area contributed by atoms with E-state index in [0.29, 0.717) is 22.5 Å². The Morgan fingerprint density at radius 3 is 2.27 bits per heavy atom. The first-order valence-corrected chi connectivity index (χ1v) is 12.1. The van der Waals surface area contributed by atoms with Crippen molar-refractivity contribution in [1.82, 2.24) is 13.6 Å². The van der Waals surface area contributed by atoms with E-state index in [4.69, 9.17) is 11.6 Å². The Labute approximate surface area is 197 Å². The van der Waals surface area contributed by atoms with Crippen molar-refractivity contribution in [2.75, 3.05) is 14.1 Å². The number of rotatable bonds is 6. The van der Waals surface area contributed by atoms with Crippen molar-refractivity contribution >= 4 is 32.7 Å². The lowest BCUT2D eigenvalue weighted by Crippen LogP contribution is -2.43. The second kappa shape index (κ2) is 8.94. The quantitative estimate of drug-likeness (QED) is 0.450. The molecule has 10 heteroatoms. The molecule has 0 saturated carbocycles. The van der Waals surface area contributed by atoms with Crippen LogP contribution in [0.4, 0.5) is 13.2 Å². The highest BCUT2D eigenvalue weighted by atomic mass is 35.5. The first-order valence-electron chi connectivity index (χ1n) is 10.2. The lowest BCUT2D eigenvalue weighted by atomic mass is 9.96. The minimum absolute atomic E-state index is 0.155. The summed E-state index contributed by atoms with van der Waals surface area (Å²) in [6.07, 6.45) is -3.45. The van der Waals surface area contributed by atoms with Gasteiger partial charge in [-0.3, -0.25) is 0 Å². The molecule has 1 atom stereocenters. The molecule has 0 fully saturated rings. The molecule has 0 aliphatic heterocycles. The van der Waals surface area contributed by atoms with Crippen LogP contribution in [-0.2, 0) is 16.8 Å². The molecule has 1 heterocycles. The van der Waals surface area contributed by atoms with E-state index in [-0.39, 0.29) is 11.0 Å². The fourth-order valence-electron chi connectivity index (χ4n) is 3.62. The van der Waals surface area contributed by atoms with E-state index in [1.54, 1.807) is 34.9 Å². The minimum atomic E-state index is -4.84. The summed E-state index contributed by atoms with van der Waals surface area (Å²) < 4.78 is 71.2. The maximum Gasteiger partial charge on any atom is 0.409 e. The van der Waals surface area contributed by atoms with Gasteiger partial charge in [-0.2, -0.15) is 30.6 Å². The summed E-state index contributed by atoms with van der Waals surface area (Å²) in [5.74, 6) is 0. The molecule has 33 heavy (non-hydrogen) atoms. The molecular weight excluding hydrogens is 475 g/mol.